The summed E-state index contributed by atoms with van der Waals surface area (Å²) in [6.07, 6.45) is 5.54. The van der Waals surface area contributed by atoms with E-state index in [-0.39, 0.29) is 12.6 Å². The van der Waals surface area contributed by atoms with E-state index in [0.717, 1.165) is 19.3 Å². The highest BCUT2D eigenvalue weighted by Gasteiger charge is 2.28. The topological polar surface area (TPSA) is 40.5 Å². The van der Waals surface area contributed by atoms with Gasteiger partial charge in [0.25, 0.3) is 0 Å². The lowest BCUT2D eigenvalue weighted by Gasteiger charge is -2.35. The molecule has 3 heteroatoms. The number of fused-ring (bicyclic) bond motifs is 1. The third kappa shape index (κ3) is 3.40. The van der Waals surface area contributed by atoms with Gasteiger partial charge in [-0.05, 0) is 43.7 Å². The molecule has 0 spiro atoms. The SMILES string of the molecule is CCC(C)N(CC(=O)O)C1CCCCc2ccccc21. The minimum atomic E-state index is -0.730. The zero-order chi connectivity index (χ0) is 14.5. The first-order valence-electron chi connectivity index (χ1n) is 7.68. The van der Waals surface area contributed by atoms with Crippen molar-refractivity contribution in [3.8, 4) is 0 Å². The molecule has 0 fully saturated rings. The molecule has 0 radical (unpaired) electrons. The number of hydrogen-bond donors (Lipinski definition) is 1. The highest BCUT2D eigenvalue weighted by molar-refractivity contribution is 5.69. The molecule has 2 atom stereocenters. The van der Waals surface area contributed by atoms with E-state index in [1.54, 1.807) is 0 Å². The fourth-order valence-electron chi connectivity index (χ4n) is 3.20. The average molecular weight is 275 g/mol. The molecule has 0 saturated carbocycles. The second-order valence-corrected chi connectivity index (χ2v) is 5.78. The van der Waals surface area contributed by atoms with Gasteiger partial charge in [-0.1, -0.05) is 37.6 Å². The van der Waals surface area contributed by atoms with E-state index < -0.39 is 5.97 Å². The van der Waals surface area contributed by atoms with Gasteiger partial charge in [0, 0.05) is 12.1 Å². The van der Waals surface area contributed by atoms with Crippen LogP contribution in [0.15, 0.2) is 24.3 Å². The molecule has 1 N–H and O–H groups in total. The number of carboxylic acids is 1. The van der Waals surface area contributed by atoms with Crippen molar-refractivity contribution >= 4 is 5.97 Å². The first-order valence-corrected chi connectivity index (χ1v) is 7.68. The smallest absolute Gasteiger partial charge is 0.317 e. The molecule has 110 valence electrons. The molecule has 0 bridgehead atoms. The molecular weight excluding hydrogens is 250 g/mol. The minimum absolute atomic E-state index is 0.133. The highest BCUT2D eigenvalue weighted by atomic mass is 16.4. The van der Waals surface area contributed by atoms with Gasteiger partial charge >= 0.3 is 5.97 Å². The van der Waals surface area contributed by atoms with Gasteiger partial charge in [-0.15, -0.1) is 0 Å². The van der Waals surface area contributed by atoms with E-state index >= 15 is 0 Å². The number of rotatable bonds is 5. The lowest BCUT2D eigenvalue weighted by Crippen LogP contribution is -2.40. The first kappa shape index (κ1) is 15.0. The van der Waals surface area contributed by atoms with Crippen LogP contribution in [0, 0.1) is 0 Å². The fourth-order valence-corrected chi connectivity index (χ4v) is 3.20. The zero-order valence-corrected chi connectivity index (χ0v) is 12.5. The number of carbonyl (C=O) groups is 1. The Balaban J connectivity index is 2.34. The van der Waals surface area contributed by atoms with Crippen molar-refractivity contribution in [3.63, 3.8) is 0 Å². The van der Waals surface area contributed by atoms with Crippen LogP contribution in [0.4, 0.5) is 0 Å². The fraction of sp³-hybridized carbons (Fsp3) is 0.588. The molecule has 0 aromatic heterocycles. The highest BCUT2D eigenvalue weighted by Crippen LogP contribution is 2.34. The Hall–Kier alpha value is -1.35. The molecule has 2 unspecified atom stereocenters. The van der Waals surface area contributed by atoms with Crippen LogP contribution in [0.1, 0.15) is 56.7 Å². The molecule has 0 saturated heterocycles. The Morgan fingerprint density at radius 1 is 1.40 bits per heavy atom. The third-order valence-corrected chi connectivity index (χ3v) is 4.46. The summed E-state index contributed by atoms with van der Waals surface area (Å²) in [4.78, 5) is 13.4. The van der Waals surface area contributed by atoms with E-state index in [1.165, 1.54) is 24.0 Å². The minimum Gasteiger partial charge on any atom is -0.480 e. The van der Waals surface area contributed by atoms with Gasteiger partial charge in [0.05, 0.1) is 6.54 Å². The van der Waals surface area contributed by atoms with E-state index in [9.17, 15) is 9.90 Å². The van der Waals surface area contributed by atoms with E-state index in [2.05, 4.69) is 43.0 Å². The van der Waals surface area contributed by atoms with Crippen molar-refractivity contribution in [3.05, 3.63) is 35.4 Å². The van der Waals surface area contributed by atoms with Crippen LogP contribution >= 0.6 is 0 Å². The summed E-state index contributed by atoms with van der Waals surface area (Å²) in [5, 5.41) is 9.24. The van der Waals surface area contributed by atoms with Crippen molar-refractivity contribution in [1.82, 2.24) is 4.90 Å². The molecule has 1 aromatic rings. The number of hydrogen-bond acceptors (Lipinski definition) is 2. The van der Waals surface area contributed by atoms with Gasteiger partial charge in [0.1, 0.15) is 0 Å². The van der Waals surface area contributed by atoms with E-state index in [1.807, 2.05) is 0 Å². The monoisotopic (exact) mass is 275 g/mol. The molecule has 1 aromatic carbocycles. The summed E-state index contributed by atoms with van der Waals surface area (Å²) >= 11 is 0. The largest absolute Gasteiger partial charge is 0.480 e. The van der Waals surface area contributed by atoms with Gasteiger partial charge in [0.15, 0.2) is 0 Å². The number of aryl methyl sites for hydroxylation is 1. The van der Waals surface area contributed by atoms with Crippen LogP contribution in [0.5, 0.6) is 0 Å². The van der Waals surface area contributed by atoms with Gasteiger partial charge in [-0.25, -0.2) is 0 Å². The Bertz CT molecular complexity index is 458. The number of nitrogens with zero attached hydrogens (tertiary/aromatic N) is 1. The molecule has 0 amide bonds. The number of aliphatic carboxylic acids is 1. The lowest BCUT2D eigenvalue weighted by molar-refractivity contribution is -0.139. The van der Waals surface area contributed by atoms with Gasteiger partial charge < -0.3 is 5.11 Å². The molecule has 1 aliphatic rings. The van der Waals surface area contributed by atoms with Crippen LogP contribution in [0.3, 0.4) is 0 Å². The van der Waals surface area contributed by atoms with Crippen molar-refractivity contribution < 1.29 is 9.90 Å². The molecular formula is C17H25NO2. The first-order chi connectivity index (χ1) is 9.63. The summed E-state index contributed by atoms with van der Waals surface area (Å²) in [5.41, 5.74) is 2.74. The van der Waals surface area contributed by atoms with Gasteiger partial charge in [-0.2, -0.15) is 0 Å². The third-order valence-electron chi connectivity index (χ3n) is 4.46. The molecule has 1 aliphatic carbocycles. The summed E-state index contributed by atoms with van der Waals surface area (Å²) in [6.45, 7) is 4.40. The molecule has 2 rings (SSSR count). The van der Waals surface area contributed by atoms with Crippen LogP contribution in [-0.2, 0) is 11.2 Å². The van der Waals surface area contributed by atoms with Crippen LogP contribution in [0.25, 0.3) is 0 Å². The molecule has 0 heterocycles. The molecule has 0 aliphatic heterocycles. The maximum Gasteiger partial charge on any atom is 0.317 e. The van der Waals surface area contributed by atoms with E-state index in [4.69, 9.17) is 0 Å². The predicted octanol–water partition coefficient (Wildman–Crippen LogP) is 3.64. The average Bonchev–Trinajstić information content (AvgIpc) is 2.66. The Morgan fingerprint density at radius 2 is 2.15 bits per heavy atom. The van der Waals surface area contributed by atoms with Crippen molar-refractivity contribution in [2.75, 3.05) is 6.54 Å². The Labute approximate surface area is 121 Å². The van der Waals surface area contributed by atoms with Gasteiger partial charge in [-0.3, -0.25) is 9.69 Å². The predicted molar refractivity (Wildman–Crippen MR) is 80.8 cm³/mol. The summed E-state index contributed by atoms with van der Waals surface area (Å²) in [7, 11) is 0. The Morgan fingerprint density at radius 3 is 2.85 bits per heavy atom. The lowest BCUT2D eigenvalue weighted by atomic mass is 9.96. The maximum absolute atomic E-state index is 11.2. The van der Waals surface area contributed by atoms with E-state index in [0.29, 0.717) is 6.04 Å². The second kappa shape index (κ2) is 6.89. The molecule has 20 heavy (non-hydrogen) atoms. The van der Waals surface area contributed by atoms with Crippen LogP contribution < -0.4 is 0 Å². The normalized spacial score (nSPS) is 20.2. The van der Waals surface area contributed by atoms with Gasteiger partial charge in [0.2, 0.25) is 0 Å². The van der Waals surface area contributed by atoms with Crippen LogP contribution in [0.2, 0.25) is 0 Å². The second-order valence-electron chi connectivity index (χ2n) is 5.78. The quantitative estimate of drug-likeness (QED) is 0.834. The Kier molecular flexibility index (Phi) is 5.18. The zero-order valence-electron chi connectivity index (χ0n) is 12.5. The van der Waals surface area contributed by atoms with Crippen molar-refractivity contribution in [2.24, 2.45) is 0 Å². The number of benzene rings is 1. The van der Waals surface area contributed by atoms with Crippen molar-refractivity contribution in [1.29, 1.82) is 0 Å². The standard InChI is InChI=1S/C17H25NO2/c1-3-13(2)18(12-17(19)20)16-11-7-5-9-14-8-4-6-10-15(14)16/h4,6,8,10,13,16H,3,5,7,9,11-12H2,1-2H3,(H,19,20). The summed E-state index contributed by atoms with van der Waals surface area (Å²) in [6, 6.07) is 9.09. The molecule has 3 nitrogen and oxygen atoms in total. The maximum atomic E-state index is 11.2. The summed E-state index contributed by atoms with van der Waals surface area (Å²) < 4.78 is 0. The summed E-state index contributed by atoms with van der Waals surface area (Å²) in [5.74, 6) is -0.730. The van der Waals surface area contributed by atoms with Crippen molar-refractivity contribution in [2.45, 2.75) is 58.0 Å². The number of carboxylic acid groups (broad SMARTS) is 1. The van der Waals surface area contributed by atoms with Crippen LogP contribution in [-0.4, -0.2) is 28.6 Å².